The number of rotatable bonds is 9. The van der Waals surface area contributed by atoms with Crippen molar-refractivity contribution in [3.8, 4) is 11.5 Å². The second kappa shape index (κ2) is 10.3. The number of nitrogens with two attached hydrogens (primary N) is 1. The molecule has 0 saturated carbocycles. The summed E-state index contributed by atoms with van der Waals surface area (Å²) in [5, 5.41) is 3.08. The molecule has 0 heterocycles. The number of carbonyl (C=O) groups is 1. The zero-order chi connectivity index (χ0) is 16.6. The van der Waals surface area contributed by atoms with Crippen LogP contribution in [0.15, 0.2) is 18.2 Å². The van der Waals surface area contributed by atoms with Crippen LogP contribution < -0.4 is 20.5 Å². The van der Waals surface area contributed by atoms with E-state index in [-0.39, 0.29) is 23.9 Å². The van der Waals surface area contributed by atoms with Crippen LogP contribution in [0.5, 0.6) is 11.5 Å². The number of amides is 1. The second-order valence-electron chi connectivity index (χ2n) is 5.46. The maximum atomic E-state index is 12.2. The summed E-state index contributed by atoms with van der Waals surface area (Å²) in [4.78, 5) is 12.2. The lowest BCUT2D eigenvalue weighted by Gasteiger charge is -2.31. The smallest absolute Gasteiger partial charge is 0.220 e. The van der Waals surface area contributed by atoms with Gasteiger partial charge in [0.2, 0.25) is 5.91 Å². The normalized spacial score (nSPS) is 10.7. The van der Waals surface area contributed by atoms with Crippen molar-refractivity contribution >= 4 is 18.3 Å². The summed E-state index contributed by atoms with van der Waals surface area (Å²) < 4.78 is 10.5. The van der Waals surface area contributed by atoms with Crippen LogP contribution in [0.3, 0.4) is 0 Å². The van der Waals surface area contributed by atoms with Crippen LogP contribution in [0.4, 0.5) is 0 Å². The van der Waals surface area contributed by atoms with E-state index < -0.39 is 0 Å². The Morgan fingerprint density at radius 2 is 1.65 bits per heavy atom. The molecule has 0 aliphatic heterocycles. The van der Waals surface area contributed by atoms with Crippen LogP contribution in [-0.2, 0) is 11.2 Å². The number of aryl methyl sites for hydroxylation is 1. The first kappa shape index (κ1) is 21.5. The SMILES string of the molecule is CCC(CC)(CN)NC(=O)CCc1cc(OC)cc(OC)c1.Cl. The highest BCUT2D eigenvalue weighted by molar-refractivity contribution is 5.85. The maximum absolute atomic E-state index is 12.2. The Morgan fingerprint density at radius 1 is 1.13 bits per heavy atom. The summed E-state index contributed by atoms with van der Waals surface area (Å²) in [6.07, 6.45) is 2.71. The summed E-state index contributed by atoms with van der Waals surface area (Å²) in [7, 11) is 3.23. The monoisotopic (exact) mass is 344 g/mol. The van der Waals surface area contributed by atoms with E-state index in [9.17, 15) is 4.79 Å². The van der Waals surface area contributed by atoms with E-state index >= 15 is 0 Å². The van der Waals surface area contributed by atoms with Gasteiger partial charge in [-0.25, -0.2) is 0 Å². The summed E-state index contributed by atoms with van der Waals surface area (Å²) >= 11 is 0. The Morgan fingerprint density at radius 3 is 2.04 bits per heavy atom. The van der Waals surface area contributed by atoms with Crippen LogP contribution in [0.1, 0.15) is 38.7 Å². The predicted molar refractivity (Wildman–Crippen MR) is 95.6 cm³/mol. The number of carbonyl (C=O) groups excluding carboxylic acids is 1. The van der Waals surface area contributed by atoms with Crippen LogP contribution >= 0.6 is 12.4 Å². The van der Waals surface area contributed by atoms with E-state index in [4.69, 9.17) is 15.2 Å². The highest BCUT2D eigenvalue weighted by Crippen LogP contribution is 2.23. The molecule has 0 aromatic heterocycles. The molecule has 132 valence electrons. The Hall–Kier alpha value is -1.46. The Labute approximate surface area is 145 Å². The van der Waals surface area contributed by atoms with Crippen LogP contribution in [0.25, 0.3) is 0 Å². The molecule has 23 heavy (non-hydrogen) atoms. The van der Waals surface area contributed by atoms with Crippen molar-refractivity contribution in [1.29, 1.82) is 0 Å². The first-order valence-electron chi connectivity index (χ1n) is 7.75. The van der Waals surface area contributed by atoms with E-state index in [2.05, 4.69) is 5.32 Å². The van der Waals surface area contributed by atoms with Gasteiger partial charge in [-0.3, -0.25) is 4.79 Å². The van der Waals surface area contributed by atoms with Gasteiger partial charge in [0.05, 0.1) is 19.8 Å². The van der Waals surface area contributed by atoms with Crippen molar-refractivity contribution in [3.63, 3.8) is 0 Å². The van der Waals surface area contributed by atoms with Crippen LogP contribution in [0, 0.1) is 0 Å². The number of hydrogen-bond acceptors (Lipinski definition) is 4. The topological polar surface area (TPSA) is 73.6 Å². The maximum Gasteiger partial charge on any atom is 0.220 e. The van der Waals surface area contributed by atoms with Gasteiger partial charge in [-0.05, 0) is 37.0 Å². The van der Waals surface area contributed by atoms with Crippen molar-refractivity contribution in [1.82, 2.24) is 5.32 Å². The fourth-order valence-electron chi connectivity index (χ4n) is 2.39. The minimum Gasteiger partial charge on any atom is -0.497 e. The van der Waals surface area contributed by atoms with Crippen LogP contribution in [0.2, 0.25) is 0 Å². The molecule has 0 aliphatic rings. The molecular weight excluding hydrogens is 316 g/mol. The summed E-state index contributed by atoms with van der Waals surface area (Å²) in [5.41, 5.74) is 6.54. The molecule has 0 saturated heterocycles. The minimum atomic E-state index is -0.289. The van der Waals surface area contributed by atoms with Gasteiger partial charge >= 0.3 is 0 Å². The standard InChI is InChI=1S/C17H28N2O3.ClH/c1-5-17(6-2,12-18)19-16(20)8-7-13-9-14(21-3)11-15(10-13)22-4;/h9-11H,5-8,12,18H2,1-4H3,(H,19,20);1H. The van der Waals surface area contributed by atoms with Gasteiger partial charge in [-0.1, -0.05) is 13.8 Å². The third-order valence-electron chi connectivity index (χ3n) is 4.20. The fourth-order valence-corrected chi connectivity index (χ4v) is 2.39. The van der Waals surface area contributed by atoms with E-state index in [1.54, 1.807) is 14.2 Å². The molecule has 0 unspecified atom stereocenters. The number of halogens is 1. The van der Waals surface area contributed by atoms with E-state index in [1.807, 2.05) is 32.0 Å². The molecule has 3 N–H and O–H groups in total. The lowest BCUT2D eigenvalue weighted by Crippen LogP contribution is -2.52. The summed E-state index contributed by atoms with van der Waals surface area (Å²) in [6, 6.07) is 5.66. The highest BCUT2D eigenvalue weighted by Gasteiger charge is 2.25. The van der Waals surface area contributed by atoms with Crippen molar-refractivity contribution in [2.75, 3.05) is 20.8 Å². The molecule has 1 aromatic rings. The van der Waals surface area contributed by atoms with Crippen molar-refractivity contribution in [2.45, 2.75) is 45.1 Å². The first-order chi connectivity index (χ1) is 10.5. The number of ether oxygens (including phenoxy) is 2. The van der Waals surface area contributed by atoms with Crippen molar-refractivity contribution in [2.24, 2.45) is 5.73 Å². The van der Waals surface area contributed by atoms with Crippen LogP contribution in [-0.4, -0.2) is 32.2 Å². The zero-order valence-electron chi connectivity index (χ0n) is 14.5. The van der Waals surface area contributed by atoms with Crippen molar-refractivity contribution < 1.29 is 14.3 Å². The molecule has 0 atom stereocenters. The predicted octanol–water partition coefficient (Wildman–Crippen LogP) is 2.69. The Kier molecular flexibility index (Phi) is 9.68. The molecular formula is C17H29ClN2O3. The molecule has 0 radical (unpaired) electrons. The molecule has 0 spiro atoms. The average molecular weight is 345 g/mol. The summed E-state index contributed by atoms with van der Waals surface area (Å²) in [5.74, 6) is 1.48. The second-order valence-corrected chi connectivity index (χ2v) is 5.46. The Balaban J connectivity index is 0.00000484. The lowest BCUT2D eigenvalue weighted by atomic mass is 9.92. The molecule has 1 amide bonds. The molecule has 0 bridgehead atoms. The van der Waals surface area contributed by atoms with Gasteiger partial charge in [0.15, 0.2) is 0 Å². The largest absolute Gasteiger partial charge is 0.497 e. The van der Waals surface area contributed by atoms with Gasteiger partial charge in [-0.2, -0.15) is 0 Å². The van der Waals surface area contributed by atoms with Gasteiger partial charge < -0.3 is 20.5 Å². The summed E-state index contributed by atoms with van der Waals surface area (Å²) in [6.45, 7) is 4.55. The highest BCUT2D eigenvalue weighted by atomic mass is 35.5. The van der Waals surface area contributed by atoms with Gasteiger partial charge in [0.1, 0.15) is 11.5 Å². The zero-order valence-corrected chi connectivity index (χ0v) is 15.3. The van der Waals surface area contributed by atoms with E-state index in [1.165, 1.54) is 0 Å². The van der Waals surface area contributed by atoms with E-state index in [0.29, 0.717) is 19.4 Å². The Bertz CT molecular complexity index is 460. The quantitative estimate of drug-likeness (QED) is 0.722. The molecule has 0 aliphatic carbocycles. The number of nitrogens with one attached hydrogen (secondary N) is 1. The number of methoxy groups -OCH3 is 2. The van der Waals surface area contributed by atoms with Crippen molar-refractivity contribution in [3.05, 3.63) is 23.8 Å². The fraction of sp³-hybridized carbons (Fsp3) is 0.588. The third kappa shape index (κ3) is 6.28. The molecule has 1 aromatic carbocycles. The van der Waals surface area contributed by atoms with Gasteiger partial charge in [-0.15, -0.1) is 12.4 Å². The first-order valence-corrected chi connectivity index (χ1v) is 7.75. The third-order valence-corrected chi connectivity index (χ3v) is 4.20. The average Bonchev–Trinajstić information content (AvgIpc) is 2.57. The van der Waals surface area contributed by atoms with E-state index in [0.717, 1.165) is 29.9 Å². The number of hydrogen-bond donors (Lipinski definition) is 2. The lowest BCUT2D eigenvalue weighted by molar-refractivity contribution is -0.123. The molecule has 5 nitrogen and oxygen atoms in total. The van der Waals surface area contributed by atoms with Gasteiger partial charge in [0, 0.05) is 19.0 Å². The number of benzene rings is 1. The minimum absolute atomic E-state index is 0. The molecule has 0 fully saturated rings. The van der Waals surface area contributed by atoms with Gasteiger partial charge in [0.25, 0.3) is 0 Å². The molecule has 1 rings (SSSR count). The molecule has 6 heteroatoms.